The Balaban J connectivity index is 0.000000231. The molecule has 2 heterocycles. The van der Waals surface area contributed by atoms with Gasteiger partial charge in [-0.05, 0) is 46.0 Å². The molecule has 241 valence electrons. The molecule has 0 spiro atoms. The van der Waals surface area contributed by atoms with Crippen LogP contribution in [-0.4, -0.2) is 22.9 Å². The van der Waals surface area contributed by atoms with Crippen molar-refractivity contribution in [2.24, 2.45) is 4.99 Å². The summed E-state index contributed by atoms with van der Waals surface area (Å²) >= 11 is 1.86. The smallest absolute Gasteiger partial charge is 0.0632 e. The van der Waals surface area contributed by atoms with E-state index in [2.05, 4.69) is 144 Å². The van der Waals surface area contributed by atoms with Crippen LogP contribution in [0.15, 0.2) is 114 Å². The first kappa shape index (κ1) is 34.4. The Labute approximate surface area is 296 Å². The number of amidine groups is 1. The Morgan fingerprint density at radius 1 is 0.766 bits per heavy atom. The molecule has 0 aliphatic rings. The summed E-state index contributed by atoms with van der Waals surface area (Å²) in [6.45, 7) is 15.1. The first-order valence-corrected chi connectivity index (χ1v) is 16.9. The van der Waals surface area contributed by atoms with Gasteiger partial charge >= 0.3 is 0 Å². The molecule has 47 heavy (non-hydrogen) atoms. The van der Waals surface area contributed by atoms with Crippen molar-refractivity contribution in [3.63, 3.8) is 0 Å². The number of aromatic nitrogens is 1. The van der Waals surface area contributed by atoms with Crippen LogP contribution in [-0.2, 0) is 25.5 Å². The fourth-order valence-electron chi connectivity index (χ4n) is 5.84. The summed E-state index contributed by atoms with van der Waals surface area (Å²) in [5.74, 6) is 0.862. The van der Waals surface area contributed by atoms with E-state index in [0.717, 1.165) is 33.6 Å². The number of hydrogen-bond acceptors (Lipinski definition) is 3. The fraction of sp³-hybridized carbons (Fsp3) is 0.238. The molecule has 5 aromatic carbocycles. The number of hydrogen-bond donors (Lipinski definition) is 0. The SMILES string of the molecule is CC(C)(C)c1cc(-c2nc3ccccc3c3sc4ccccc4c23)[c-]c2ccccc12.CC(C)N=C([N-]C(C)C)c1ccccc1.[Ir]. The average molecular weight is 812 g/mol. The first-order chi connectivity index (χ1) is 22.1. The van der Waals surface area contributed by atoms with Crippen molar-refractivity contribution in [3.05, 3.63) is 132 Å². The number of para-hydroxylation sites is 1. The Morgan fingerprint density at radius 2 is 1.38 bits per heavy atom. The standard InChI is InChI=1S/C29H22NS.C13H19N2.Ir/c1-29(2,3)23-17-19(16-18-10-4-5-11-20(18)23)27-26-22-13-7-9-15-25(22)31-28(26)21-12-6-8-14-24(21)30-27;1-10(2)14-13(15-11(3)4)12-8-6-5-7-9-12;/h4-15,17H,1-3H3;5-11H,1-4H3;/q2*-1;. The summed E-state index contributed by atoms with van der Waals surface area (Å²) < 4.78 is 2.61. The summed E-state index contributed by atoms with van der Waals surface area (Å²) in [6.07, 6.45) is 0. The zero-order chi connectivity index (χ0) is 32.4. The second-order valence-electron chi connectivity index (χ2n) is 13.3. The largest absolute Gasteiger partial charge is 0.462 e. The molecule has 0 unspecified atom stereocenters. The van der Waals surface area contributed by atoms with E-state index in [1.807, 2.05) is 41.7 Å². The number of benzene rings is 5. The van der Waals surface area contributed by atoms with E-state index in [9.17, 15) is 0 Å². The summed E-state index contributed by atoms with van der Waals surface area (Å²) in [5, 5.41) is 10.7. The molecule has 0 atom stereocenters. The van der Waals surface area contributed by atoms with Gasteiger partial charge in [0, 0.05) is 40.6 Å². The van der Waals surface area contributed by atoms with E-state index in [1.54, 1.807) is 0 Å². The molecule has 3 nitrogen and oxygen atoms in total. The molecule has 1 radical (unpaired) electrons. The van der Waals surface area contributed by atoms with Gasteiger partial charge in [-0.2, -0.15) is 0 Å². The molecule has 2 aromatic heterocycles. The van der Waals surface area contributed by atoms with E-state index in [0.29, 0.717) is 0 Å². The first-order valence-electron chi connectivity index (χ1n) is 16.1. The van der Waals surface area contributed by atoms with Gasteiger partial charge in [0.2, 0.25) is 0 Å². The molecule has 7 rings (SSSR count). The number of pyridine rings is 1. The molecule has 0 aliphatic heterocycles. The third kappa shape index (κ3) is 7.49. The van der Waals surface area contributed by atoms with E-state index in [-0.39, 0.29) is 37.6 Å². The summed E-state index contributed by atoms with van der Waals surface area (Å²) in [7, 11) is 0. The molecule has 5 heteroatoms. The van der Waals surface area contributed by atoms with E-state index in [1.165, 1.54) is 36.5 Å². The van der Waals surface area contributed by atoms with Gasteiger partial charge in [0.05, 0.1) is 5.52 Å². The van der Waals surface area contributed by atoms with Crippen LogP contribution in [0.3, 0.4) is 0 Å². The molecule has 0 aliphatic carbocycles. The number of nitrogens with zero attached hydrogens (tertiary/aromatic N) is 3. The zero-order valence-corrected chi connectivity index (χ0v) is 31.3. The molecular formula is C42H41IrN3S-2. The third-order valence-corrected chi connectivity index (χ3v) is 9.05. The molecule has 0 N–H and O–H groups in total. The predicted molar refractivity (Wildman–Crippen MR) is 202 cm³/mol. The minimum atomic E-state index is 0. The van der Waals surface area contributed by atoms with Gasteiger partial charge < -0.3 is 10.3 Å². The Kier molecular flexibility index (Phi) is 10.6. The Hall–Kier alpha value is -3.89. The molecule has 0 saturated carbocycles. The third-order valence-electron chi connectivity index (χ3n) is 7.84. The van der Waals surface area contributed by atoms with Crippen molar-refractivity contribution >= 4 is 59.0 Å². The Bertz CT molecular complexity index is 2170. The fourth-order valence-corrected chi connectivity index (χ4v) is 7.08. The van der Waals surface area contributed by atoms with E-state index >= 15 is 0 Å². The van der Waals surface area contributed by atoms with Crippen molar-refractivity contribution < 1.29 is 20.1 Å². The van der Waals surface area contributed by atoms with Crippen LogP contribution in [0.4, 0.5) is 0 Å². The average Bonchev–Trinajstić information content (AvgIpc) is 3.43. The maximum Gasteiger partial charge on any atom is 0.0632 e. The summed E-state index contributed by atoms with van der Waals surface area (Å²) in [5.41, 5.74) is 5.59. The number of rotatable bonds is 4. The normalized spacial score (nSPS) is 12.1. The molecule has 0 amide bonds. The molecule has 7 aromatic rings. The van der Waals surface area contributed by atoms with E-state index in [4.69, 9.17) is 4.98 Å². The quantitative estimate of drug-likeness (QED) is 0.0991. The van der Waals surface area contributed by atoms with Crippen LogP contribution in [0.2, 0.25) is 0 Å². The summed E-state index contributed by atoms with van der Waals surface area (Å²) in [6, 6.07) is 42.5. The monoisotopic (exact) mass is 812 g/mol. The van der Waals surface area contributed by atoms with Gasteiger partial charge in [-0.1, -0.05) is 150 Å². The van der Waals surface area contributed by atoms with Crippen molar-refractivity contribution in [1.29, 1.82) is 0 Å². The van der Waals surface area contributed by atoms with Gasteiger partial charge in [0.15, 0.2) is 0 Å². The van der Waals surface area contributed by atoms with Crippen molar-refractivity contribution in [2.45, 2.75) is 66.0 Å². The van der Waals surface area contributed by atoms with Crippen molar-refractivity contribution in [3.8, 4) is 11.3 Å². The molecular weight excluding hydrogens is 771 g/mol. The number of aliphatic imine (C=N–C) groups is 1. The maximum atomic E-state index is 5.20. The molecule has 0 fully saturated rings. The van der Waals surface area contributed by atoms with Crippen LogP contribution in [0.5, 0.6) is 0 Å². The van der Waals surface area contributed by atoms with Crippen LogP contribution in [0, 0.1) is 6.07 Å². The second kappa shape index (κ2) is 14.5. The van der Waals surface area contributed by atoms with Crippen molar-refractivity contribution in [1.82, 2.24) is 4.98 Å². The van der Waals surface area contributed by atoms with Crippen molar-refractivity contribution in [2.75, 3.05) is 0 Å². The molecule has 0 saturated heterocycles. The second-order valence-corrected chi connectivity index (χ2v) is 14.4. The summed E-state index contributed by atoms with van der Waals surface area (Å²) in [4.78, 5) is 9.74. The Morgan fingerprint density at radius 3 is 2.06 bits per heavy atom. The van der Waals surface area contributed by atoms with Gasteiger partial charge in [-0.3, -0.25) is 4.98 Å². The minimum Gasteiger partial charge on any atom is -0.462 e. The van der Waals surface area contributed by atoms with Crippen LogP contribution in [0.1, 0.15) is 59.6 Å². The number of thiophene rings is 1. The van der Waals surface area contributed by atoms with Gasteiger partial charge in [-0.15, -0.1) is 40.5 Å². The zero-order valence-electron chi connectivity index (χ0n) is 28.1. The molecule has 0 bridgehead atoms. The maximum absolute atomic E-state index is 5.20. The van der Waals surface area contributed by atoms with Crippen LogP contribution < -0.4 is 0 Å². The van der Waals surface area contributed by atoms with Crippen LogP contribution in [0.25, 0.3) is 58.4 Å². The number of fused-ring (bicyclic) bond motifs is 6. The van der Waals surface area contributed by atoms with E-state index < -0.39 is 0 Å². The van der Waals surface area contributed by atoms with Gasteiger partial charge in [0.25, 0.3) is 0 Å². The van der Waals surface area contributed by atoms with Crippen LogP contribution >= 0.6 is 11.3 Å². The van der Waals surface area contributed by atoms with Gasteiger partial charge in [0.1, 0.15) is 0 Å². The predicted octanol–water partition coefficient (Wildman–Crippen LogP) is 12.1. The minimum absolute atomic E-state index is 0. The van der Waals surface area contributed by atoms with Gasteiger partial charge in [-0.25, -0.2) is 0 Å². The topological polar surface area (TPSA) is 39.4 Å².